The van der Waals surface area contributed by atoms with E-state index >= 15 is 0 Å². The van der Waals surface area contributed by atoms with Crippen LogP contribution >= 0.6 is 11.3 Å². The van der Waals surface area contributed by atoms with Gasteiger partial charge in [0.2, 0.25) is 0 Å². The normalized spacial score (nSPS) is 18.9. The lowest BCUT2D eigenvalue weighted by molar-refractivity contribution is 0.213. The zero-order chi connectivity index (χ0) is 11.4. The van der Waals surface area contributed by atoms with Gasteiger partial charge < -0.3 is 0 Å². The molecule has 3 heteroatoms. The number of hydrogen-bond donors (Lipinski definition) is 0. The fourth-order valence-corrected chi connectivity index (χ4v) is 3.35. The van der Waals surface area contributed by atoms with Gasteiger partial charge in [-0.1, -0.05) is 25.7 Å². The van der Waals surface area contributed by atoms with E-state index in [1.54, 1.807) is 11.3 Å². The predicted octanol–water partition coefficient (Wildman–Crippen LogP) is 3.61. The Labute approximate surface area is 103 Å². The van der Waals surface area contributed by atoms with Gasteiger partial charge in [-0.25, -0.2) is 4.98 Å². The molecule has 0 atom stereocenters. The van der Waals surface area contributed by atoms with E-state index in [0.717, 1.165) is 18.3 Å². The molecule has 2 rings (SSSR count). The summed E-state index contributed by atoms with van der Waals surface area (Å²) in [4.78, 5) is 7.05. The van der Waals surface area contributed by atoms with E-state index in [4.69, 9.17) is 0 Å². The summed E-state index contributed by atoms with van der Waals surface area (Å²) in [6, 6.07) is 0.784. The quantitative estimate of drug-likeness (QED) is 0.748. The van der Waals surface area contributed by atoms with E-state index in [9.17, 15) is 0 Å². The van der Waals surface area contributed by atoms with E-state index in [2.05, 4.69) is 29.2 Å². The topological polar surface area (TPSA) is 16.1 Å². The van der Waals surface area contributed by atoms with Gasteiger partial charge >= 0.3 is 0 Å². The second-order valence-electron chi connectivity index (χ2n) is 4.94. The first-order valence-corrected chi connectivity index (χ1v) is 7.25. The molecule has 90 valence electrons. The Balaban J connectivity index is 1.88. The molecule has 1 aliphatic carbocycles. The molecule has 0 aromatic carbocycles. The third-order valence-corrected chi connectivity index (χ3v) is 4.45. The van der Waals surface area contributed by atoms with Crippen molar-refractivity contribution in [2.24, 2.45) is 0 Å². The summed E-state index contributed by atoms with van der Waals surface area (Å²) in [7, 11) is 2.26. The summed E-state index contributed by atoms with van der Waals surface area (Å²) in [6.45, 7) is 3.11. The lowest BCUT2D eigenvalue weighted by Crippen LogP contribution is -2.30. The Morgan fingerprint density at radius 3 is 2.56 bits per heavy atom. The average molecular weight is 238 g/mol. The number of hydrogen-bond acceptors (Lipinski definition) is 3. The first kappa shape index (κ1) is 12.1. The second-order valence-corrected chi connectivity index (χ2v) is 5.89. The van der Waals surface area contributed by atoms with Gasteiger partial charge in [0.05, 0.1) is 6.54 Å². The van der Waals surface area contributed by atoms with Crippen LogP contribution in [0.15, 0.2) is 5.38 Å². The van der Waals surface area contributed by atoms with Crippen LogP contribution in [0.4, 0.5) is 0 Å². The number of rotatable bonds is 3. The van der Waals surface area contributed by atoms with Crippen LogP contribution in [-0.2, 0) is 6.54 Å². The Morgan fingerprint density at radius 2 is 2.00 bits per heavy atom. The van der Waals surface area contributed by atoms with Gasteiger partial charge in [-0.2, -0.15) is 0 Å². The van der Waals surface area contributed by atoms with Crippen molar-refractivity contribution in [3.8, 4) is 0 Å². The maximum absolute atomic E-state index is 4.55. The van der Waals surface area contributed by atoms with Gasteiger partial charge in [0, 0.05) is 17.1 Å². The van der Waals surface area contributed by atoms with E-state index < -0.39 is 0 Å². The van der Waals surface area contributed by atoms with Crippen molar-refractivity contribution >= 4 is 11.3 Å². The number of aryl methyl sites for hydroxylation is 1. The van der Waals surface area contributed by atoms with Crippen LogP contribution in [0.1, 0.15) is 49.2 Å². The summed E-state index contributed by atoms with van der Waals surface area (Å²) in [5.74, 6) is 0. The molecule has 0 amide bonds. The molecule has 0 N–H and O–H groups in total. The third kappa shape index (κ3) is 3.29. The molecule has 1 saturated carbocycles. The summed E-state index contributed by atoms with van der Waals surface area (Å²) >= 11 is 1.79. The van der Waals surface area contributed by atoms with E-state index in [0.29, 0.717) is 0 Å². The van der Waals surface area contributed by atoms with E-state index in [1.807, 2.05) is 0 Å². The van der Waals surface area contributed by atoms with Crippen molar-refractivity contribution < 1.29 is 0 Å². The fourth-order valence-electron chi connectivity index (χ4n) is 2.52. The van der Waals surface area contributed by atoms with Crippen molar-refractivity contribution in [1.82, 2.24) is 9.88 Å². The SMILES string of the molecule is Cc1csc(CN(C)C2CCCCCC2)n1. The van der Waals surface area contributed by atoms with Gasteiger partial charge in [-0.05, 0) is 26.8 Å². The van der Waals surface area contributed by atoms with Gasteiger partial charge in [-0.15, -0.1) is 11.3 Å². The highest BCUT2D eigenvalue weighted by atomic mass is 32.1. The van der Waals surface area contributed by atoms with Gasteiger partial charge in [-0.3, -0.25) is 4.90 Å². The molecule has 1 aliphatic rings. The number of aromatic nitrogens is 1. The minimum atomic E-state index is 0.784. The molecule has 2 nitrogen and oxygen atoms in total. The summed E-state index contributed by atoms with van der Waals surface area (Å²) in [6.07, 6.45) is 8.43. The van der Waals surface area contributed by atoms with Crippen molar-refractivity contribution in [1.29, 1.82) is 0 Å². The highest BCUT2D eigenvalue weighted by molar-refractivity contribution is 7.09. The smallest absolute Gasteiger partial charge is 0.107 e. The molecule has 0 spiro atoms. The molecule has 0 unspecified atom stereocenters. The Bertz CT molecular complexity index is 313. The van der Waals surface area contributed by atoms with Crippen LogP contribution < -0.4 is 0 Å². The van der Waals surface area contributed by atoms with E-state index in [1.165, 1.54) is 43.5 Å². The zero-order valence-corrected chi connectivity index (χ0v) is 11.2. The second kappa shape index (κ2) is 5.78. The lowest BCUT2D eigenvalue weighted by atomic mass is 10.1. The van der Waals surface area contributed by atoms with Gasteiger partial charge in [0.15, 0.2) is 0 Å². The van der Waals surface area contributed by atoms with Crippen LogP contribution in [0.3, 0.4) is 0 Å². The van der Waals surface area contributed by atoms with Crippen molar-refractivity contribution in [3.63, 3.8) is 0 Å². The molecule has 16 heavy (non-hydrogen) atoms. The summed E-state index contributed by atoms with van der Waals surface area (Å²) in [5, 5.41) is 3.42. The van der Waals surface area contributed by atoms with E-state index in [-0.39, 0.29) is 0 Å². The molecule has 1 heterocycles. The standard InChI is InChI=1S/C13H22N2S/c1-11-10-16-13(14-11)9-15(2)12-7-5-3-4-6-8-12/h10,12H,3-9H2,1-2H3. The maximum atomic E-state index is 4.55. The van der Waals surface area contributed by atoms with Crippen molar-refractivity contribution in [2.45, 2.75) is 58.0 Å². The van der Waals surface area contributed by atoms with Crippen LogP contribution in [0.2, 0.25) is 0 Å². The largest absolute Gasteiger partial charge is 0.297 e. The molecule has 0 saturated heterocycles. The van der Waals surface area contributed by atoms with Crippen molar-refractivity contribution in [3.05, 3.63) is 16.1 Å². The molecule has 1 aromatic rings. The minimum Gasteiger partial charge on any atom is -0.297 e. The first-order chi connectivity index (χ1) is 7.75. The molecule has 1 aromatic heterocycles. The maximum Gasteiger partial charge on any atom is 0.107 e. The summed E-state index contributed by atoms with van der Waals surface area (Å²) < 4.78 is 0. The van der Waals surface area contributed by atoms with Crippen LogP contribution in [0, 0.1) is 6.92 Å². The van der Waals surface area contributed by atoms with Gasteiger partial charge in [0.1, 0.15) is 5.01 Å². The minimum absolute atomic E-state index is 0.784. The number of nitrogens with zero attached hydrogens (tertiary/aromatic N) is 2. The predicted molar refractivity (Wildman–Crippen MR) is 69.8 cm³/mol. The molecule has 0 radical (unpaired) electrons. The highest BCUT2D eigenvalue weighted by Gasteiger charge is 2.17. The lowest BCUT2D eigenvalue weighted by Gasteiger charge is -2.26. The summed E-state index contributed by atoms with van der Waals surface area (Å²) in [5.41, 5.74) is 1.16. The zero-order valence-electron chi connectivity index (χ0n) is 10.4. The molecule has 0 bridgehead atoms. The van der Waals surface area contributed by atoms with Crippen LogP contribution in [0.5, 0.6) is 0 Å². The molecule has 0 aliphatic heterocycles. The molecular formula is C13H22N2S. The third-order valence-electron chi connectivity index (χ3n) is 3.50. The fraction of sp³-hybridized carbons (Fsp3) is 0.769. The average Bonchev–Trinajstić information content (AvgIpc) is 2.56. The Morgan fingerprint density at radius 1 is 1.31 bits per heavy atom. The van der Waals surface area contributed by atoms with Crippen LogP contribution in [0.25, 0.3) is 0 Å². The Kier molecular flexibility index (Phi) is 4.36. The Hall–Kier alpha value is -0.410. The van der Waals surface area contributed by atoms with Crippen LogP contribution in [-0.4, -0.2) is 23.0 Å². The number of thiazole rings is 1. The van der Waals surface area contributed by atoms with Crippen molar-refractivity contribution in [2.75, 3.05) is 7.05 Å². The first-order valence-electron chi connectivity index (χ1n) is 6.37. The monoisotopic (exact) mass is 238 g/mol. The van der Waals surface area contributed by atoms with Gasteiger partial charge in [0.25, 0.3) is 0 Å². The molecule has 1 fully saturated rings. The molecular weight excluding hydrogens is 216 g/mol. The highest BCUT2D eigenvalue weighted by Crippen LogP contribution is 2.22.